The monoisotopic (exact) mass is 1500 g/mol. The number of nitrogens with one attached hydrogen (secondary N) is 1. The fourth-order valence-electron chi connectivity index (χ4n) is 15.6. The third-order valence-electron chi connectivity index (χ3n) is 22.8. The molecule has 2 aliphatic rings. The number of rotatable bonds is 80. The van der Waals surface area contributed by atoms with Crippen LogP contribution in [-0.2, 0) is 23.7 Å². The van der Waals surface area contributed by atoms with E-state index in [9.17, 15) is 45.6 Å². The Morgan fingerprint density at radius 2 is 0.623 bits per heavy atom. The van der Waals surface area contributed by atoms with E-state index in [0.717, 1.165) is 44.9 Å². The first-order chi connectivity index (χ1) is 52.1. The summed E-state index contributed by atoms with van der Waals surface area (Å²) in [5.41, 5.74) is 0. The summed E-state index contributed by atoms with van der Waals surface area (Å²) in [6, 6.07) is -0.915. The normalized spacial score (nSPS) is 21.4. The summed E-state index contributed by atoms with van der Waals surface area (Å²) in [6.45, 7) is 2.87. The lowest BCUT2D eigenvalue weighted by molar-refractivity contribution is -0.359. The lowest BCUT2D eigenvalue weighted by Crippen LogP contribution is -2.65. The van der Waals surface area contributed by atoms with Gasteiger partial charge < -0.3 is 65.1 Å². The number of hydrogen-bond donors (Lipinski definition) is 9. The predicted octanol–water partition coefficient (Wildman–Crippen LogP) is 22.7. The molecule has 0 aliphatic carbocycles. The van der Waals surface area contributed by atoms with Gasteiger partial charge in [-0.05, 0) is 51.4 Å². The van der Waals surface area contributed by atoms with Gasteiger partial charge in [-0.1, -0.05) is 429 Å². The zero-order chi connectivity index (χ0) is 76.5. The zero-order valence-electron chi connectivity index (χ0n) is 69.2. The average molecular weight is 1500 g/mol. The fourth-order valence-corrected chi connectivity index (χ4v) is 15.6. The van der Waals surface area contributed by atoms with Crippen molar-refractivity contribution >= 4 is 5.91 Å². The van der Waals surface area contributed by atoms with Crippen molar-refractivity contribution in [1.29, 1.82) is 0 Å². The average Bonchev–Trinajstić information content (AvgIpc) is 0.790. The van der Waals surface area contributed by atoms with Crippen molar-refractivity contribution in [1.82, 2.24) is 5.32 Å². The maximum absolute atomic E-state index is 13.4. The number of carbonyl (C=O) groups excluding carboxylic acids is 1. The standard InChI is InChI=1S/C92H175NO13/c1-3-5-7-9-11-13-15-17-19-21-23-25-27-29-31-33-35-36-37-38-39-40-41-42-43-44-46-48-50-52-54-56-58-60-62-64-66-68-70-72-74-76-84(97)93-80(79-103-91-89(102)87(100)90(83(78-95)105-91)106-92-88(101)86(99)85(98)82(77-94)104-92)81(96)75-73-71-69-67-65-63-61-59-57-55-53-51-49-47-45-34-32-30-28-26-24-22-20-18-16-14-12-10-8-6-4-2/h15,17,21,23,73,75,80-83,85-92,94-96,98-102H,3-14,16,18-20,22,24-72,74,76-79H2,1-2H3,(H,93,97)/b17-15-,23-21-,75-73+. The molecule has 0 aromatic heterocycles. The molecule has 2 saturated heterocycles. The van der Waals surface area contributed by atoms with Crippen LogP contribution < -0.4 is 5.32 Å². The second kappa shape index (κ2) is 75.9. The van der Waals surface area contributed by atoms with Crippen LogP contribution in [0.5, 0.6) is 0 Å². The quantitative estimate of drug-likeness (QED) is 0.0204. The number of hydrogen-bond acceptors (Lipinski definition) is 13. The van der Waals surface area contributed by atoms with Crippen LogP contribution in [0.4, 0.5) is 0 Å². The van der Waals surface area contributed by atoms with Crippen molar-refractivity contribution in [2.75, 3.05) is 19.8 Å². The molecule has 0 spiro atoms. The molecule has 14 heteroatoms. The van der Waals surface area contributed by atoms with Gasteiger partial charge in [0.15, 0.2) is 12.6 Å². The topological polar surface area (TPSA) is 228 Å². The van der Waals surface area contributed by atoms with Crippen LogP contribution in [0, 0.1) is 0 Å². The first-order valence-electron chi connectivity index (χ1n) is 46.2. The Labute approximate surface area is 652 Å². The first-order valence-corrected chi connectivity index (χ1v) is 46.2. The summed E-state index contributed by atoms with van der Waals surface area (Å²) in [7, 11) is 0. The molecule has 1 amide bonds. The lowest BCUT2D eigenvalue weighted by Gasteiger charge is -2.46. The molecule has 0 bridgehead atoms. The van der Waals surface area contributed by atoms with Crippen LogP contribution in [0.2, 0.25) is 0 Å². The minimum absolute atomic E-state index is 0.228. The summed E-state index contributed by atoms with van der Waals surface area (Å²) in [4.78, 5) is 13.4. The number of allylic oxidation sites excluding steroid dienone is 5. The predicted molar refractivity (Wildman–Crippen MR) is 443 cm³/mol. The summed E-state index contributed by atoms with van der Waals surface area (Å²) >= 11 is 0. The van der Waals surface area contributed by atoms with E-state index in [0.29, 0.717) is 6.42 Å². The number of carbonyl (C=O) groups is 1. The molecule has 0 saturated carbocycles. The largest absolute Gasteiger partial charge is 0.394 e. The maximum atomic E-state index is 13.4. The maximum Gasteiger partial charge on any atom is 0.220 e. The Bertz CT molecular complexity index is 1920. The molecule has 0 aromatic carbocycles. The summed E-state index contributed by atoms with van der Waals surface area (Å²) in [5, 5.41) is 87.9. The third kappa shape index (κ3) is 57.3. The Balaban J connectivity index is 1.54. The molecule has 12 atom stereocenters. The molecule has 2 fully saturated rings. The van der Waals surface area contributed by atoms with Crippen molar-refractivity contribution in [3.63, 3.8) is 0 Å². The van der Waals surface area contributed by atoms with Gasteiger partial charge in [0, 0.05) is 6.42 Å². The van der Waals surface area contributed by atoms with Gasteiger partial charge in [-0.15, -0.1) is 0 Å². The Morgan fingerprint density at radius 1 is 0.340 bits per heavy atom. The second-order valence-electron chi connectivity index (χ2n) is 32.8. The summed E-state index contributed by atoms with van der Waals surface area (Å²) in [6.07, 6.45) is 85.6. The van der Waals surface area contributed by atoms with E-state index in [1.807, 2.05) is 6.08 Å². The molecule has 106 heavy (non-hydrogen) atoms. The number of aliphatic hydroxyl groups excluding tert-OH is 8. The minimum atomic E-state index is -1.79. The van der Waals surface area contributed by atoms with Crippen molar-refractivity contribution in [3.05, 3.63) is 36.5 Å². The van der Waals surface area contributed by atoms with Crippen molar-refractivity contribution in [2.45, 2.75) is 524 Å². The number of aliphatic hydroxyl groups is 8. The van der Waals surface area contributed by atoms with Gasteiger partial charge in [-0.2, -0.15) is 0 Å². The molecule has 0 radical (unpaired) electrons. The van der Waals surface area contributed by atoms with E-state index in [-0.39, 0.29) is 18.9 Å². The highest BCUT2D eigenvalue weighted by Gasteiger charge is 2.51. The van der Waals surface area contributed by atoms with Gasteiger partial charge in [-0.3, -0.25) is 4.79 Å². The highest BCUT2D eigenvalue weighted by atomic mass is 16.7. The van der Waals surface area contributed by atoms with Gasteiger partial charge in [-0.25, -0.2) is 0 Å². The van der Waals surface area contributed by atoms with Crippen molar-refractivity contribution in [3.8, 4) is 0 Å². The Kier molecular flexibility index (Phi) is 71.8. The number of ether oxygens (including phenoxy) is 4. The molecule has 0 aromatic rings. The third-order valence-corrected chi connectivity index (χ3v) is 22.8. The van der Waals surface area contributed by atoms with E-state index >= 15 is 0 Å². The molecule has 12 unspecified atom stereocenters. The molecule has 2 heterocycles. The Hall–Kier alpha value is -1.79. The van der Waals surface area contributed by atoms with Crippen LogP contribution >= 0.6 is 0 Å². The van der Waals surface area contributed by atoms with E-state index in [1.54, 1.807) is 6.08 Å². The van der Waals surface area contributed by atoms with Gasteiger partial charge in [0.25, 0.3) is 0 Å². The fraction of sp³-hybridized carbons (Fsp3) is 0.924. The summed E-state index contributed by atoms with van der Waals surface area (Å²) in [5.74, 6) is -0.228. The number of unbranched alkanes of at least 4 members (excludes halogenated alkanes) is 63. The van der Waals surface area contributed by atoms with Crippen LogP contribution in [0.15, 0.2) is 36.5 Å². The molecule has 9 N–H and O–H groups in total. The van der Waals surface area contributed by atoms with Gasteiger partial charge in [0.1, 0.15) is 48.8 Å². The second-order valence-corrected chi connectivity index (χ2v) is 32.8. The molecular formula is C92H175NO13. The molecule has 2 aliphatic heterocycles. The summed E-state index contributed by atoms with van der Waals surface area (Å²) < 4.78 is 23.0. The van der Waals surface area contributed by atoms with Crippen molar-refractivity contribution in [2.24, 2.45) is 0 Å². The number of amides is 1. The van der Waals surface area contributed by atoms with Gasteiger partial charge in [0.05, 0.1) is 32.0 Å². The van der Waals surface area contributed by atoms with Gasteiger partial charge in [0.2, 0.25) is 5.91 Å². The highest BCUT2D eigenvalue weighted by molar-refractivity contribution is 5.76. The van der Waals surface area contributed by atoms with E-state index in [1.165, 1.54) is 379 Å². The Morgan fingerprint density at radius 3 is 0.943 bits per heavy atom. The van der Waals surface area contributed by atoms with E-state index in [4.69, 9.17) is 18.9 Å². The van der Waals surface area contributed by atoms with Crippen LogP contribution in [0.3, 0.4) is 0 Å². The highest BCUT2D eigenvalue weighted by Crippen LogP contribution is 2.31. The zero-order valence-corrected chi connectivity index (χ0v) is 69.2. The minimum Gasteiger partial charge on any atom is -0.394 e. The van der Waals surface area contributed by atoms with E-state index < -0.39 is 86.8 Å². The van der Waals surface area contributed by atoms with Crippen LogP contribution in [-0.4, -0.2) is 140 Å². The lowest BCUT2D eigenvalue weighted by atomic mass is 9.97. The molecule has 626 valence electrons. The van der Waals surface area contributed by atoms with Crippen LogP contribution in [0.25, 0.3) is 0 Å². The van der Waals surface area contributed by atoms with Crippen molar-refractivity contribution < 1.29 is 64.6 Å². The molecule has 2 rings (SSSR count). The molecular weight excluding hydrogens is 1330 g/mol. The first kappa shape index (κ1) is 100. The van der Waals surface area contributed by atoms with Gasteiger partial charge >= 0.3 is 0 Å². The smallest absolute Gasteiger partial charge is 0.220 e. The SMILES string of the molecule is CCCCCCC/C=C\C/C=C\CCCCCCCCCCCCCCCCCCCCCCCCCCCCCCCC(=O)NC(COC1OC(CO)C(OC2OC(CO)C(O)C(O)C2O)C(O)C1O)C(O)/C=C/CCCCCCCCCCCCCCCCCCCCCCCCCCCCCCC. The van der Waals surface area contributed by atoms with E-state index in [2.05, 4.69) is 43.5 Å². The molecule has 14 nitrogen and oxygen atoms in total. The van der Waals surface area contributed by atoms with Crippen LogP contribution in [0.1, 0.15) is 450 Å².